The third-order valence-electron chi connectivity index (χ3n) is 2.42. The number of amides is 1. The average molecular weight is 265 g/mol. The number of anilines is 1. The number of carbonyl (C=O) groups excluding carboxylic acids is 1. The Morgan fingerprint density at radius 1 is 1.56 bits per heavy atom. The van der Waals surface area contributed by atoms with Gasteiger partial charge in [-0.1, -0.05) is 11.6 Å². The first-order chi connectivity index (χ1) is 8.61. The number of halogens is 1. The first-order valence-corrected chi connectivity index (χ1v) is 5.88. The van der Waals surface area contributed by atoms with Gasteiger partial charge >= 0.3 is 0 Å². The Kier molecular flexibility index (Phi) is 3.53. The van der Waals surface area contributed by atoms with Crippen LogP contribution in [0.4, 0.5) is 5.69 Å². The van der Waals surface area contributed by atoms with E-state index >= 15 is 0 Å². The van der Waals surface area contributed by atoms with Gasteiger partial charge < -0.3 is 11.1 Å². The van der Waals surface area contributed by atoms with Gasteiger partial charge in [0.1, 0.15) is 0 Å². The molecule has 5 nitrogen and oxygen atoms in total. The van der Waals surface area contributed by atoms with E-state index in [1.54, 1.807) is 29.1 Å². The number of nitrogens with zero attached hydrogens (tertiary/aromatic N) is 2. The molecule has 0 bridgehead atoms. The summed E-state index contributed by atoms with van der Waals surface area (Å²) in [5.74, 6) is -0.144. The van der Waals surface area contributed by atoms with E-state index in [0.29, 0.717) is 28.5 Å². The average Bonchev–Trinajstić information content (AvgIpc) is 2.76. The van der Waals surface area contributed by atoms with E-state index in [0.717, 1.165) is 0 Å². The van der Waals surface area contributed by atoms with Crippen LogP contribution in [0.2, 0.25) is 5.02 Å². The largest absolute Gasteiger partial charge is 0.397 e. The zero-order chi connectivity index (χ0) is 13.1. The van der Waals surface area contributed by atoms with E-state index in [1.807, 2.05) is 6.92 Å². The molecular formula is C12H13ClN4O. The molecule has 94 valence electrons. The van der Waals surface area contributed by atoms with Crippen LogP contribution >= 0.6 is 11.6 Å². The molecular weight excluding hydrogens is 252 g/mol. The maximum absolute atomic E-state index is 11.6. The lowest BCUT2D eigenvalue weighted by Crippen LogP contribution is -2.22. The summed E-state index contributed by atoms with van der Waals surface area (Å²) < 4.78 is 1.57. The van der Waals surface area contributed by atoms with Crippen molar-refractivity contribution in [2.45, 2.75) is 6.92 Å². The Balaban J connectivity index is 2.33. The van der Waals surface area contributed by atoms with Gasteiger partial charge in [0.2, 0.25) is 0 Å². The number of nitrogen functional groups attached to an aromatic ring is 1. The Morgan fingerprint density at radius 2 is 2.33 bits per heavy atom. The topological polar surface area (TPSA) is 72.9 Å². The van der Waals surface area contributed by atoms with Crippen molar-refractivity contribution in [2.24, 2.45) is 0 Å². The van der Waals surface area contributed by atoms with E-state index in [-0.39, 0.29) is 5.91 Å². The predicted molar refractivity (Wildman–Crippen MR) is 71.0 cm³/mol. The minimum atomic E-state index is -0.144. The van der Waals surface area contributed by atoms with Gasteiger partial charge in [0.05, 0.1) is 22.6 Å². The van der Waals surface area contributed by atoms with Crippen LogP contribution < -0.4 is 11.1 Å². The molecule has 0 spiro atoms. The van der Waals surface area contributed by atoms with Crippen molar-refractivity contribution in [1.82, 2.24) is 15.1 Å². The fourth-order valence-corrected chi connectivity index (χ4v) is 1.74. The van der Waals surface area contributed by atoms with Gasteiger partial charge in [0.15, 0.2) is 0 Å². The van der Waals surface area contributed by atoms with E-state index < -0.39 is 0 Å². The smallest absolute Gasteiger partial charge is 0.251 e. The molecule has 1 aromatic heterocycles. The minimum Gasteiger partial charge on any atom is -0.397 e. The van der Waals surface area contributed by atoms with Crippen molar-refractivity contribution in [3.63, 3.8) is 0 Å². The highest BCUT2D eigenvalue weighted by Crippen LogP contribution is 2.20. The lowest BCUT2D eigenvalue weighted by Gasteiger charge is -2.08. The molecule has 6 heteroatoms. The molecule has 0 unspecified atom stereocenters. The zero-order valence-electron chi connectivity index (χ0n) is 9.85. The molecule has 0 aliphatic heterocycles. The van der Waals surface area contributed by atoms with Crippen molar-refractivity contribution >= 4 is 23.2 Å². The van der Waals surface area contributed by atoms with E-state index in [4.69, 9.17) is 17.3 Å². The van der Waals surface area contributed by atoms with Crippen molar-refractivity contribution < 1.29 is 4.79 Å². The van der Waals surface area contributed by atoms with Crippen LogP contribution in [-0.2, 0) is 0 Å². The van der Waals surface area contributed by atoms with E-state index in [9.17, 15) is 4.79 Å². The highest BCUT2D eigenvalue weighted by atomic mass is 35.5. The van der Waals surface area contributed by atoms with E-state index in [1.165, 1.54) is 6.20 Å². The van der Waals surface area contributed by atoms with Crippen LogP contribution in [0.25, 0.3) is 5.69 Å². The zero-order valence-corrected chi connectivity index (χ0v) is 10.6. The summed E-state index contributed by atoms with van der Waals surface area (Å²) in [5.41, 5.74) is 7.60. The first-order valence-electron chi connectivity index (χ1n) is 5.50. The third-order valence-corrected chi connectivity index (χ3v) is 2.62. The summed E-state index contributed by atoms with van der Waals surface area (Å²) in [6.07, 6.45) is 3.18. The summed E-state index contributed by atoms with van der Waals surface area (Å²) in [7, 11) is 0. The van der Waals surface area contributed by atoms with Gasteiger partial charge in [0.25, 0.3) is 5.91 Å². The molecule has 0 fully saturated rings. The first kappa shape index (κ1) is 12.4. The highest BCUT2D eigenvalue weighted by molar-refractivity contribution is 6.30. The van der Waals surface area contributed by atoms with Crippen molar-refractivity contribution in [1.29, 1.82) is 0 Å². The third kappa shape index (κ3) is 2.46. The Bertz CT molecular complexity index is 579. The van der Waals surface area contributed by atoms with Gasteiger partial charge in [-0.25, -0.2) is 4.68 Å². The number of rotatable bonds is 3. The van der Waals surface area contributed by atoms with Crippen LogP contribution in [-0.4, -0.2) is 22.2 Å². The van der Waals surface area contributed by atoms with Crippen molar-refractivity contribution in [3.8, 4) is 5.69 Å². The standard InChI is InChI=1S/C12H13ClN4O/c1-2-15-12(18)8-3-4-11(10(14)5-8)17-7-9(13)6-16-17/h3-7H,2,14H2,1H3,(H,15,18). The molecule has 0 aliphatic rings. The molecule has 3 N–H and O–H groups in total. The van der Waals surface area contributed by atoms with Gasteiger partial charge in [0, 0.05) is 18.3 Å². The second-order valence-electron chi connectivity index (χ2n) is 3.74. The number of aromatic nitrogens is 2. The number of nitrogens with two attached hydrogens (primary N) is 1. The second-order valence-corrected chi connectivity index (χ2v) is 4.17. The van der Waals surface area contributed by atoms with Gasteiger partial charge in [-0.3, -0.25) is 4.79 Å². The normalized spacial score (nSPS) is 10.3. The predicted octanol–water partition coefficient (Wildman–Crippen LogP) is 1.86. The highest BCUT2D eigenvalue weighted by Gasteiger charge is 2.09. The summed E-state index contributed by atoms with van der Waals surface area (Å²) in [6.45, 7) is 2.44. The quantitative estimate of drug-likeness (QED) is 0.831. The Labute approximate surface area is 110 Å². The molecule has 1 amide bonds. The molecule has 0 aliphatic carbocycles. The molecule has 0 radical (unpaired) electrons. The van der Waals surface area contributed by atoms with Crippen LogP contribution in [0.1, 0.15) is 17.3 Å². The molecule has 18 heavy (non-hydrogen) atoms. The monoisotopic (exact) mass is 264 g/mol. The maximum atomic E-state index is 11.6. The number of benzene rings is 1. The molecule has 1 heterocycles. The fraction of sp³-hybridized carbons (Fsp3) is 0.167. The van der Waals surface area contributed by atoms with Crippen LogP contribution in [0.3, 0.4) is 0 Å². The molecule has 0 saturated carbocycles. The second kappa shape index (κ2) is 5.10. The summed E-state index contributed by atoms with van der Waals surface area (Å²) >= 11 is 5.80. The van der Waals surface area contributed by atoms with Crippen molar-refractivity contribution in [2.75, 3.05) is 12.3 Å². The van der Waals surface area contributed by atoms with Crippen LogP contribution in [0.5, 0.6) is 0 Å². The summed E-state index contributed by atoms with van der Waals surface area (Å²) in [5, 5.41) is 7.31. The lowest BCUT2D eigenvalue weighted by atomic mass is 10.1. The maximum Gasteiger partial charge on any atom is 0.251 e. The van der Waals surface area contributed by atoms with Crippen molar-refractivity contribution in [3.05, 3.63) is 41.2 Å². The van der Waals surface area contributed by atoms with E-state index in [2.05, 4.69) is 10.4 Å². The summed E-state index contributed by atoms with van der Waals surface area (Å²) in [6, 6.07) is 5.06. The number of hydrogen-bond donors (Lipinski definition) is 2. The molecule has 1 aromatic carbocycles. The van der Waals surface area contributed by atoms with Gasteiger partial charge in [-0.05, 0) is 25.1 Å². The summed E-state index contributed by atoms with van der Waals surface area (Å²) in [4.78, 5) is 11.6. The van der Waals surface area contributed by atoms with Gasteiger partial charge in [-0.15, -0.1) is 0 Å². The Hall–Kier alpha value is -2.01. The molecule has 2 aromatic rings. The van der Waals surface area contributed by atoms with Gasteiger partial charge in [-0.2, -0.15) is 5.10 Å². The van der Waals surface area contributed by atoms with Crippen LogP contribution in [0, 0.1) is 0 Å². The molecule has 0 saturated heterocycles. The van der Waals surface area contributed by atoms with Crippen LogP contribution in [0.15, 0.2) is 30.6 Å². The lowest BCUT2D eigenvalue weighted by molar-refractivity contribution is 0.0956. The fourth-order valence-electron chi connectivity index (χ4n) is 1.60. The SMILES string of the molecule is CCNC(=O)c1ccc(-n2cc(Cl)cn2)c(N)c1. The number of nitrogens with one attached hydrogen (secondary N) is 1. The molecule has 0 atom stereocenters. The minimum absolute atomic E-state index is 0.144. The number of carbonyl (C=O) groups is 1. The number of hydrogen-bond acceptors (Lipinski definition) is 3. The molecule has 2 rings (SSSR count). The Morgan fingerprint density at radius 3 is 2.89 bits per heavy atom.